The minimum Gasteiger partial charge on any atom is -0.309 e. The van der Waals surface area contributed by atoms with Crippen molar-refractivity contribution in [3.05, 3.63) is 176 Å². The third-order valence-corrected chi connectivity index (χ3v) is 9.07. The molecular formula is C44H29N3. The summed E-state index contributed by atoms with van der Waals surface area (Å²) in [6.45, 7) is 0. The maximum absolute atomic E-state index is 5.04. The molecule has 0 bridgehead atoms. The van der Waals surface area contributed by atoms with E-state index in [1.165, 1.54) is 54.8 Å². The second kappa shape index (κ2) is 11.2. The van der Waals surface area contributed by atoms with Crippen LogP contribution in [0.25, 0.3) is 83.0 Å². The molecule has 0 N–H and O–H groups in total. The van der Waals surface area contributed by atoms with Gasteiger partial charge in [-0.2, -0.15) is 0 Å². The number of hydrogen-bond acceptors (Lipinski definition) is 2. The van der Waals surface area contributed by atoms with Crippen molar-refractivity contribution in [3.8, 4) is 50.6 Å². The van der Waals surface area contributed by atoms with E-state index in [1.54, 1.807) is 0 Å². The molecule has 9 rings (SSSR count). The van der Waals surface area contributed by atoms with Gasteiger partial charge in [0, 0.05) is 40.2 Å². The van der Waals surface area contributed by atoms with Gasteiger partial charge in [0.25, 0.3) is 0 Å². The predicted octanol–water partition coefficient (Wildman–Crippen LogP) is 11.4. The highest BCUT2D eigenvalue weighted by Crippen LogP contribution is 2.46. The molecule has 3 nitrogen and oxygen atoms in total. The van der Waals surface area contributed by atoms with E-state index in [2.05, 4.69) is 161 Å². The minimum atomic E-state index is 0.937. The van der Waals surface area contributed by atoms with E-state index in [0.29, 0.717) is 0 Å². The molecule has 220 valence electrons. The zero-order valence-corrected chi connectivity index (χ0v) is 25.6. The van der Waals surface area contributed by atoms with Gasteiger partial charge in [0.1, 0.15) is 0 Å². The largest absolute Gasteiger partial charge is 0.309 e. The van der Waals surface area contributed by atoms with E-state index < -0.39 is 0 Å². The monoisotopic (exact) mass is 599 g/mol. The highest BCUT2D eigenvalue weighted by atomic mass is 15.0. The third kappa shape index (κ3) is 4.68. The molecule has 0 spiro atoms. The molecule has 0 saturated heterocycles. The highest BCUT2D eigenvalue weighted by Gasteiger charge is 2.23. The molecule has 6 aromatic carbocycles. The van der Waals surface area contributed by atoms with Gasteiger partial charge in [-0.3, -0.25) is 4.98 Å². The smallest absolute Gasteiger partial charge is 0.0710 e. The number of benzene rings is 6. The van der Waals surface area contributed by atoms with Gasteiger partial charge < -0.3 is 4.57 Å². The Morgan fingerprint density at radius 1 is 0.426 bits per heavy atom. The topological polar surface area (TPSA) is 30.7 Å². The number of nitrogens with zero attached hydrogens (tertiary/aromatic N) is 3. The lowest BCUT2D eigenvalue weighted by Gasteiger charge is -2.14. The molecule has 0 amide bonds. The summed E-state index contributed by atoms with van der Waals surface area (Å²) >= 11 is 0. The zero-order valence-electron chi connectivity index (χ0n) is 25.6. The van der Waals surface area contributed by atoms with E-state index in [9.17, 15) is 0 Å². The molecule has 0 radical (unpaired) electrons. The van der Waals surface area contributed by atoms with Crippen LogP contribution in [0.15, 0.2) is 176 Å². The maximum atomic E-state index is 5.04. The Morgan fingerprint density at radius 2 is 1.11 bits per heavy atom. The maximum Gasteiger partial charge on any atom is 0.0710 e. The van der Waals surface area contributed by atoms with E-state index in [4.69, 9.17) is 4.98 Å². The zero-order chi connectivity index (χ0) is 31.2. The SMILES string of the molecule is c1ccc(-c2c(-c3ccccc3)n(-c3ccc4ccccc4c3)c3ccc4cc(-c5cccc(-c6ccncc6)n5)ccc4c23)cc1. The first kappa shape index (κ1) is 27.0. The third-order valence-electron chi connectivity index (χ3n) is 9.07. The van der Waals surface area contributed by atoms with Crippen molar-refractivity contribution in [3.63, 3.8) is 0 Å². The van der Waals surface area contributed by atoms with E-state index in [0.717, 1.165) is 28.2 Å². The van der Waals surface area contributed by atoms with Crippen LogP contribution >= 0.6 is 0 Å². The molecule has 0 atom stereocenters. The lowest BCUT2D eigenvalue weighted by Crippen LogP contribution is -1.97. The molecular weight excluding hydrogens is 571 g/mol. The summed E-state index contributed by atoms with van der Waals surface area (Å²) in [7, 11) is 0. The Balaban J connectivity index is 1.33. The first-order valence-electron chi connectivity index (χ1n) is 15.9. The molecule has 47 heavy (non-hydrogen) atoms. The summed E-state index contributed by atoms with van der Waals surface area (Å²) in [6, 6.07) is 58.5. The number of fused-ring (bicyclic) bond motifs is 4. The molecule has 3 heterocycles. The molecule has 3 heteroatoms. The lowest BCUT2D eigenvalue weighted by molar-refractivity contribution is 1.14. The molecule has 3 aromatic heterocycles. The summed E-state index contributed by atoms with van der Waals surface area (Å²) in [5.41, 5.74) is 11.1. The number of aromatic nitrogens is 3. The van der Waals surface area contributed by atoms with Crippen molar-refractivity contribution < 1.29 is 0 Å². The van der Waals surface area contributed by atoms with Gasteiger partial charge in [0.2, 0.25) is 0 Å². The average Bonchev–Trinajstić information content (AvgIpc) is 3.51. The second-order valence-corrected chi connectivity index (χ2v) is 11.9. The molecule has 0 aliphatic rings. The average molecular weight is 600 g/mol. The van der Waals surface area contributed by atoms with Crippen LogP contribution in [0, 0.1) is 0 Å². The van der Waals surface area contributed by atoms with Crippen LogP contribution in [0.4, 0.5) is 0 Å². The predicted molar refractivity (Wildman–Crippen MR) is 196 cm³/mol. The lowest BCUT2D eigenvalue weighted by atomic mass is 9.94. The quantitative estimate of drug-likeness (QED) is 0.197. The Labute approximate surface area is 273 Å². The van der Waals surface area contributed by atoms with Crippen LogP contribution < -0.4 is 0 Å². The normalized spacial score (nSPS) is 11.4. The van der Waals surface area contributed by atoms with Gasteiger partial charge in [0.05, 0.1) is 22.6 Å². The van der Waals surface area contributed by atoms with Crippen molar-refractivity contribution in [2.45, 2.75) is 0 Å². The fourth-order valence-electron chi connectivity index (χ4n) is 6.90. The Hall–Kier alpha value is -6.32. The summed E-state index contributed by atoms with van der Waals surface area (Å²) in [4.78, 5) is 9.21. The summed E-state index contributed by atoms with van der Waals surface area (Å²) in [5.74, 6) is 0. The molecule has 0 fully saturated rings. The fraction of sp³-hybridized carbons (Fsp3) is 0. The van der Waals surface area contributed by atoms with Crippen molar-refractivity contribution in [2.24, 2.45) is 0 Å². The first-order valence-corrected chi connectivity index (χ1v) is 15.9. The van der Waals surface area contributed by atoms with Crippen LogP contribution in [-0.4, -0.2) is 14.5 Å². The number of rotatable bonds is 5. The van der Waals surface area contributed by atoms with Gasteiger partial charge >= 0.3 is 0 Å². The van der Waals surface area contributed by atoms with Crippen LogP contribution in [0.1, 0.15) is 0 Å². The van der Waals surface area contributed by atoms with Crippen LogP contribution in [0.2, 0.25) is 0 Å². The van der Waals surface area contributed by atoms with Crippen molar-refractivity contribution in [2.75, 3.05) is 0 Å². The molecule has 0 saturated carbocycles. The fourth-order valence-corrected chi connectivity index (χ4v) is 6.90. The minimum absolute atomic E-state index is 0.937. The van der Waals surface area contributed by atoms with Gasteiger partial charge in [-0.15, -0.1) is 0 Å². The first-order chi connectivity index (χ1) is 23.3. The van der Waals surface area contributed by atoms with Crippen molar-refractivity contribution in [1.29, 1.82) is 0 Å². The Morgan fingerprint density at radius 3 is 1.89 bits per heavy atom. The van der Waals surface area contributed by atoms with E-state index in [-0.39, 0.29) is 0 Å². The summed E-state index contributed by atoms with van der Waals surface area (Å²) < 4.78 is 2.45. The van der Waals surface area contributed by atoms with E-state index >= 15 is 0 Å². The van der Waals surface area contributed by atoms with Gasteiger partial charge in [-0.25, -0.2) is 4.98 Å². The van der Waals surface area contributed by atoms with Gasteiger partial charge in [0.15, 0.2) is 0 Å². The van der Waals surface area contributed by atoms with E-state index in [1.807, 2.05) is 24.5 Å². The Kier molecular flexibility index (Phi) is 6.46. The molecule has 0 unspecified atom stereocenters. The molecule has 0 aliphatic carbocycles. The van der Waals surface area contributed by atoms with Crippen molar-refractivity contribution >= 4 is 32.4 Å². The van der Waals surface area contributed by atoms with Crippen molar-refractivity contribution in [1.82, 2.24) is 14.5 Å². The Bertz CT molecular complexity index is 2550. The van der Waals surface area contributed by atoms with Crippen LogP contribution in [-0.2, 0) is 0 Å². The second-order valence-electron chi connectivity index (χ2n) is 11.9. The van der Waals surface area contributed by atoms with Crippen LogP contribution in [0.3, 0.4) is 0 Å². The van der Waals surface area contributed by atoms with Gasteiger partial charge in [-0.1, -0.05) is 115 Å². The highest BCUT2D eigenvalue weighted by molar-refractivity contribution is 6.19. The van der Waals surface area contributed by atoms with Gasteiger partial charge in [-0.05, 0) is 81.2 Å². The number of pyridine rings is 2. The molecule has 0 aliphatic heterocycles. The summed E-state index contributed by atoms with van der Waals surface area (Å²) in [5, 5.41) is 6.09. The summed E-state index contributed by atoms with van der Waals surface area (Å²) in [6.07, 6.45) is 3.62. The number of hydrogen-bond donors (Lipinski definition) is 0. The standard InChI is InChI=1S/C44H29N3/c1-3-11-32(12-4-1)42-43-38-22-19-36(40-17-9-16-39(46-40)31-24-26-45-27-25-31)28-35(38)20-23-41(43)47(44(42)33-13-5-2-6-14-33)37-21-18-30-10-7-8-15-34(30)29-37/h1-29H. The van der Waals surface area contributed by atoms with Crippen LogP contribution in [0.5, 0.6) is 0 Å². The molecule has 9 aromatic rings.